The second-order valence-electron chi connectivity index (χ2n) is 4.96. The maximum absolute atomic E-state index is 13.5. The van der Waals surface area contributed by atoms with Crippen LogP contribution in [0.3, 0.4) is 0 Å². The van der Waals surface area contributed by atoms with Gasteiger partial charge in [0.25, 0.3) is 0 Å². The van der Waals surface area contributed by atoms with Crippen LogP contribution < -0.4 is 5.32 Å². The van der Waals surface area contributed by atoms with Crippen LogP contribution in [0, 0.1) is 12.7 Å². The highest BCUT2D eigenvalue weighted by atomic mass is 19.1. The van der Waals surface area contributed by atoms with Crippen LogP contribution >= 0.6 is 0 Å². The van der Waals surface area contributed by atoms with Crippen LogP contribution in [0.5, 0.6) is 0 Å². The molecule has 0 aliphatic carbocycles. The fraction of sp³-hybridized carbons (Fsp3) is 0.438. The molecule has 0 atom stereocenters. The van der Waals surface area contributed by atoms with Crippen molar-refractivity contribution in [1.82, 2.24) is 15.1 Å². The molecule has 3 nitrogen and oxygen atoms in total. The van der Waals surface area contributed by atoms with E-state index in [2.05, 4.69) is 24.3 Å². The van der Waals surface area contributed by atoms with Gasteiger partial charge in [0.1, 0.15) is 5.82 Å². The van der Waals surface area contributed by atoms with Crippen LogP contribution in [0.25, 0.3) is 11.1 Å². The molecule has 2 aromatic rings. The number of rotatable bonds is 6. The highest BCUT2D eigenvalue weighted by molar-refractivity contribution is 5.68. The Labute approximate surface area is 119 Å². The van der Waals surface area contributed by atoms with Crippen molar-refractivity contribution in [1.29, 1.82) is 0 Å². The summed E-state index contributed by atoms with van der Waals surface area (Å²) < 4.78 is 15.4. The van der Waals surface area contributed by atoms with Crippen molar-refractivity contribution < 1.29 is 4.39 Å². The van der Waals surface area contributed by atoms with E-state index < -0.39 is 0 Å². The van der Waals surface area contributed by atoms with E-state index in [9.17, 15) is 4.39 Å². The molecule has 1 heterocycles. The summed E-state index contributed by atoms with van der Waals surface area (Å²) in [5.41, 5.74) is 4.11. The summed E-state index contributed by atoms with van der Waals surface area (Å²) in [6.07, 6.45) is 3.10. The van der Waals surface area contributed by atoms with Gasteiger partial charge in [-0.1, -0.05) is 13.0 Å². The second-order valence-corrected chi connectivity index (χ2v) is 4.96. The van der Waals surface area contributed by atoms with Gasteiger partial charge in [0.05, 0.1) is 5.69 Å². The first-order valence-corrected chi connectivity index (χ1v) is 7.19. The summed E-state index contributed by atoms with van der Waals surface area (Å²) in [7, 11) is 0. The molecular formula is C16H22FN3. The average Bonchev–Trinajstić information content (AvgIpc) is 2.81. The first-order chi connectivity index (χ1) is 9.65. The largest absolute Gasteiger partial charge is 0.313 e. The van der Waals surface area contributed by atoms with Crippen LogP contribution in [0.15, 0.2) is 24.4 Å². The third kappa shape index (κ3) is 3.25. The Morgan fingerprint density at radius 3 is 2.70 bits per heavy atom. The summed E-state index contributed by atoms with van der Waals surface area (Å²) in [6, 6.07) is 4.98. The molecule has 1 N–H and O–H groups in total. The molecular weight excluding hydrogens is 253 g/mol. The van der Waals surface area contributed by atoms with Crippen molar-refractivity contribution in [3.8, 4) is 11.1 Å². The first-order valence-electron chi connectivity index (χ1n) is 7.19. The van der Waals surface area contributed by atoms with Crippen molar-refractivity contribution in [2.24, 2.45) is 0 Å². The van der Waals surface area contributed by atoms with Crippen LogP contribution in [0.2, 0.25) is 0 Å². The van der Waals surface area contributed by atoms with Crippen LogP contribution in [-0.2, 0) is 13.1 Å². The Hall–Kier alpha value is -1.68. The van der Waals surface area contributed by atoms with E-state index >= 15 is 0 Å². The zero-order chi connectivity index (χ0) is 14.5. The van der Waals surface area contributed by atoms with E-state index in [4.69, 9.17) is 0 Å². The van der Waals surface area contributed by atoms with Gasteiger partial charge in [-0.3, -0.25) is 4.68 Å². The van der Waals surface area contributed by atoms with E-state index in [1.54, 1.807) is 6.07 Å². The van der Waals surface area contributed by atoms with Crippen molar-refractivity contribution in [2.75, 3.05) is 6.54 Å². The van der Waals surface area contributed by atoms with E-state index in [0.29, 0.717) is 6.54 Å². The van der Waals surface area contributed by atoms with Crippen molar-refractivity contribution in [2.45, 2.75) is 40.3 Å². The molecule has 1 aromatic carbocycles. The zero-order valence-corrected chi connectivity index (χ0v) is 12.4. The van der Waals surface area contributed by atoms with Gasteiger partial charge in [0, 0.05) is 24.8 Å². The number of nitrogens with one attached hydrogen (secondary N) is 1. The average molecular weight is 275 g/mol. The van der Waals surface area contributed by atoms with Crippen LogP contribution in [0.1, 0.15) is 31.5 Å². The lowest BCUT2D eigenvalue weighted by molar-refractivity contribution is 0.619. The number of halogens is 1. The van der Waals surface area contributed by atoms with E-state index in [-0.39, 0.29) is 5.82 Å². The van der Waals surface area contributed by atoms with E-state index in [1.807, 2.05) is 23.9 Å². The van der Waals surface area contributed by atoms with Crippen LogP contribution in [-0.4, -0.2) is 16.3 Å². The predicted octanol–water partition coefficient (Wildman–Crippen LogP) is 3.52. The van der Waals surface area contributed by atoms with Gasteiger partial charge in [-0.2, -0.15) is 5.10 Å². The number of aromatic nitrogens is 2. The lowest BCUT2D eigenvalue weighted by Crippen LogP contribution is -2.14. The molecule has 0 aliphatic rings. The molecule has 1 aromatic heterocycles. The number of nitrogens with zero attached hydrogens (tertiary/aromatic N) is 2. The molecule has 0 fully saturated rings. The van der Waals surface area contributed by atoms with Crippen molar-refractivity contribution in [3.05, 3.63) is 41.5 Å². The fourth-order valence-corrected chi connectivity index (χ4v) is 2.32. The Morgan fingerprint density at radius 1 is 1.25 bits per heavy atom. The third-order valence-electron chi connectivity index (χ3n) is 3.37. The smallest absolute Gasteiger partial charge is 0.123 e. The minimum absolute atomic E-state index is 0.192. The number of benzene rings is 1. The van der Waals surface area contributed by atoms with E-state index in [0.717, 1.165) is 41.9 Å². The molecule has 20 heavy (non-hydrogen) atoms. The predicted molar refractivity (Wildman–Crippen MR) is 80.0 cm³/mol. The minimum atomic E-state index is -0.192. The van der Waals surface area contributed by atoms with Crippen molar-refractivity contribution in [3.63, 3.8) is 0 Å². The summed E-state index contributed by atoms with van der Waals surface area (Å²) >= 11 is 0. The van der Waals surface area contributed by atoms with Gasteiger partial charge in [-0.05, 0) is 50.1 Å². The van der Waals surface area contributed by atoms with Gasteiger partial charge < -0.3 is 5.32 Å². The lowest BCUT2D eigenvalue weighted by Gasteiger charge is -2.10. The molecule has 0 spiro atoms. The summed E-state index contributed by atoms with van der Waals surface area (Å²) in [5.74, 6) is -0.192. The Balaban J connectivity index is 2.36. The number of aryl methyl sites for hydroxylation is 2. The normalized spacial score (nSPS) is 11.0. The van der Waals surface area contributed by atoms with Gasteiger partial charge in [0.15, 0.2) is 0 Å². The second kappa shape index (κ2) is 6.66. The van der Waals surface area contributed by atoms with Crippen LogP contribution in [0.4, 0.5) is 4.39 Å². The summed E-state index contributed by atoms with van der Waals surface area (Å²) in [5, 5.41) is 7.80. The molecule has 2 rings (SSSR count). The maximum atomic E-state index is 13.5. The van der Waals surface area contributed by atoms with Crippen molar-refractivity contribution >= 4 is 0 Å². The van der Waals surface area contributed by atoms with Gasteiger partial charge in [-0.25, -0.2) is 4.39 Å². The SMILES string of the molecule is CCCNCc1cc(F)ccc1-c1cn(CC)nc1C. The Bertz CT molecular complexity index is 575. The highest BCUT2D eigenvalue weighted by Crippen LogP contribution is 2.27. The molecule has 0 amide bonds. The maximum Gasteiger partial charge on any atom is 0.123 e. The summed E-state index contributed by atoms with van der Waals surface area (Å²) in [6.45, 7) is 8.62. The minimum Gasteiger partial charge on any atom is -0.313 e. The number of hydrogen-bond donors (Lipinski definition) is 1. The number of hydrogen-bond acceptors (Lipinski definition) is 2. The fourth-order valence-electron chi connectivity index (χ4n) is 2.32. The quantitative estimate of drug-likeness (QED) is 0.817. The topological polar surface area (TPSA) is 29.9 Å². The highest BCUT2D eigenvalue weighted by Gasteiger charge is 2.12. The molecule has 0 bridgehead atoms. The van der Waals surface area contributed by atoms with Gasteiger partial charge in [-0.15, -0.1) is 0 Å². The molecule has 0 radical (unpaired) electrons. The molecule has 0 unspecified atom stereocenters. The molecule has 108 valence electrons. The van der Waals surface area contributed by atoms with E-state index in [1.165, 1.54) is 6.07 Å². The first kappa shape index (κ1) is 14.7. The molecule has 0 saturated carbocycles. The molecule has 0 saturated heterocycles. The third-order valence-corrected chi connectivity index (χ3v) is 3.37. The van der Waals surface area contributed by atoms with Gasteiger partial charge >= 0.3 is 0 Å². The monoisotopic (exact) mass is 275 g/mol. The zero-order valence-electron chi connectivity index (χ0n) is 12.4. The van der Waals surface area contributed by atoms with Gasteiger partial charge in [0.2, 0.25) is 0 Å². The molecule has 0 aliphatic heterocycles. The Morgan fingerprint density at radius 2 is 2.05 bits per heavy atom. The summed E-state index contributed by atoms with van der Waals surface area (Å²) in [4.78, 5) is 0. The standard InChI is InChI=1S/C16H22FN3/c1-4-8-18-10-13-9-14(17)6-7-15(13)16-11-20(5-2)19-12(16)3/h6-7,9,11,18H,4-5,8,10H2,1-3H3. The molecule has 4 heteroatoms. The lowest BCUT2D eigenvalue weighted by atomic mass is 10.00. The Kier molecular flexibility index (Phi) is 4.90.